The van der Waals surface area contributed by atoms with Crippen molar-refractivity contribution < 1.29 is 9.59 Å². The van der Waals surface area contributed by atoms with E-state index in [-0.39, 0.29) is 18.4 Å². The van der Waals surface area contributed by atoms with Crippen molar-refractivity contribution in [2.24, 2.45) is 0 Å². The Balaban J connectivity index is 1.53. The lowest BCUT2D eigenvalue weighted by atomic mass is 10.2. The molecule has 0 unspecified atom stereocenters. The Hall–Kier alpha value is -1.88. The first-order valence-corrected chi connectivity index (χ1v) is 7.05. The first kappa shape index (κ1) is 14.5. The van der Waals surface area contributed by atoms with Crippen molar-refractivity contribution in [2.45, 2.75) is 31.8 Å². The maximum Gasteiger partial charge on any atom is 0.239 e. The molecule has 5 nitrogen and oxygen atoms in total. The SMILES string of the molecule is O=C(CCNC1CC1)NCC(=O)NCc1ccccc1. The van der Waals surface area contributed by atoms with Gasteiger partial charge in [-0.2, -0.15) is 0 Å². The number of rotatable bonds is 8. The molecule has 0 aliphatic heterocycles. The minimum atomic E-state index is -0.169. The second-order valence-corrected chi connectivity index (χ2v) is 5.02. The number of nitrogens with one attached hydrogen (secondary N) is 3. The molecule has 5 heteroatoms. The lowest BCUT2D eigenvalue weighted by molar-refractivity contribution is -0.126. The zero-order valence-electron chi connectivity index (χ0n) is 11.5. The van der Waals surface area contributed by atoms with Crippen LogP contribution >= 0.6 is 0 Å². The van der Waals surface area contributed by atoms with Crippen LogP contribution in [0.1, 0.15) is 24.8 Å². The van der Waals surface area contributed by atoms with Crippen molar-refractivity contribution in [2.75, 3.05) is 13.1 Å². The van der Waals surface area contributed by atoms with Crippen molar-refractivity contribution in [3.8, 4) is 0 Å². The molecule has 0 heterocycles. The van der Waals surface area contributed by atoms with Gasteiger partial charge in [-0.05, 0) is 18.4 Å². The van der Waals surface area contributed by atoms with Crippen molar-refractivity contribution in [3.63, 3.8) is 0 Å². The molecule has 20 heavy (non-hydrogen) atoms. The standard InChI is InChI=1S/C15H21N3O2/c19-14(8-9-16-13-6-7-13)18-11-15(20)17-10-12-4-2-1-3-5-12/h1-5,13,16H,6-11H2,(H,17,20)(H,18,19). The monoisotopic (exact) mass is 275 g/mol. The van der Waals surface area contributed by atoms with Gasteiger partial charge in [0.25, 0.3) is 0 Å². The molecule has 0 radical (unpaired) electrons. The summed E-state index contributed by atoms with van der Waals surface area (Å²) in [6.07, 6.45) is 2.84. The molecule has 0 aromatic heterocycles. The molecule has 1 aromatic carbocycles. The smallest absolute Gasteiger partial charge is 0.239 e. The highest BCUT2D eigenvalue weighted by atomic mass is 16.2. The van der Waals surface area contributed by atoms with Gasteiger partial charge in [0.1, 0.15) is 0 Å². The van der Waals surface area contributed by atoms with Crippen LogP contribution in [-0.2, 0) is 16.1 Å². The molecule has 0 spiro atoms. The van der Waals surface area contributed by atoms with E-state index in [0.29, 0.717) is 25.6 Å². The largest absolute Gasteiger partial charge is 0.350 e. The Labute approximate surface area is 119 Å². The fourth-order valence-corrected chi connectivity index (χ4v) is 1.80. The minimum Gasteiger partial charge on any atom is -0.350 e. The summed E-state index contributed by atoms with van der Waals surface area (Å²) in [4.78, 5) is 23.1. The summed E-state index contributed by atoms with van der Waals surface area (Å²) in [5.41, 5.74) is 1.04. The van der Waals surface area contributed by atoms with Gasteiger partial charge in [0.2, 0.25) is 11.8 Å². The lowest BCUT2D eigenvalue weighted by Crippen LogP contribution is -2.37. The number of hydrogen-bond acceptors (Lipinski definition) is 3. The van der Waals surface area contributed by atoms with Crippen molar-refractivity contribution in [1.82, 2.24) is 16.0 Å². The highest BCUT2D eigenvalue weighted by Gasteiger charge is 2.20. The van der Waals surface area contributed by atoms with E-state index in [1.165, 1.54) is 12.8 Å². The second-order valence-electron chi connectivity index (χ2n) is 5.02. The number of carbonyl (C=O) groups is 2. The maximum absolute atomic E-state index is 11.6. The van der Waals surface area contributed by atoms with Gasteiger partial charge in [-0.1, -0.05) is 30.3 Å². The average Bonchev–Trinajstić information content (AvgIpc) is 3.28. The molecule has 0 saturated heterocycles. The molecule has 2 rings (SSSR count). The second kappa shape index (κ2) is 7.65. The van der Waals surface area contributed by atoms with Gasteiger partial charge >= 0.3 is 0 Å². The van der Waals surface area contributed by atoms with E-state index in [1.807, 2.05) is 30.3 Å². The minimum absolute atomic E-state index is 0.0368. The van der Waals surface area contributed by atoms with E-state index in [0.717, 1.165) is 5.56 Å². The van der Waals surface area contributed by atoms with E-state index in [4.69, 9.17) is 0 Å². The molecule has 2 amide bonds. The normalized spacial score (nSPS) is 13.8. The Morgan fingerprint density at radius 2 is 1.80 bits per heavy atom. The summed E-state index contributed by atoms with van der Waals surface area (Å²) in [5.74, 6) is -0.259. The first-order chi connectivity index (χ1) is 9.74. The number of carbonyl (C=O) groups excluding carboxylic acids is 2. The van der Waals surface area contributed by atoms with Gasteiger partial charge in [-0.3, -0.25) is 9.59 Å². The topological polar surface area (TPSA) is 70.2 Å². The van der Waals surface area contributed by atoms with Gasteiger partial charge in [0.05, 0.1) is 6.54 Å². The molecule has 1 fully saturated rings. The molecule has 1 aliphatic rings. The molecular weight excluding hydrogens is 254 g/mol. The highest BCUT2D eigenvalue weighted by molar-refractivity contribution is 5.84. The third-order valence-corrected chi connectivity index (χ3v) is 3.14. The Morgan fingerprint density at radius 1 is 1.05 bits per heavy atom. The van der Waals surface area contributed by atoms with E-state index in [9.17, 15) is 9.59 Å². The van der Waals surface area contributed by atoms with E-state index in [1.54, 1.807) is 0 Å². The van der Waals surface area contributed by atoms with Crippen LogP contribution < -0.4 is 16.0 Å². The van der Waals surface area contributed by atoms with Crippen LogP contribution in [0.4, 0.5) is 0 Å². The van der Waals surface area contributed by atoms with Gasteiger partial charge in [-0.15, -0.1) is 0 Å². The van der Waals surface area contributed by atoms with Crippen LogP contribution in [0.25, 0.3) is 0 Å². The zero-order chi connectivity index (χ0) is 14.2. The summed E-state index contributed by atoms with van der Waals surface area (Å²) in [5, 5.41) is 8.65. The van der Waals surface area contributed by atoms with Crippen molar-refractivity contribution >= 4 is 11.8 Å². The molecule has 1 aromatic rings. The van der Waals surface area contributed by atoms with Crippen molar-refractivity contribution in [1.29, 1.82) is 0 Å². The lowest BCUT2D eigenvalue weighted by Gasteiger charge is -2.07. The zero-order valence-corrected chi connectivity index (χ0v) is 11.5. The number of hydrogen-bond donors (Lipinski definition) is 3. The van der Waals surface area contributed by atoms with E-state index < -0.39 is 0 Å². The van der Waals surface area contributed by atoms with Gasteiger partial charge in [0.15, 0.2) is 0 Å². The first-order valence-electron chi connectivity index (χ1n) is 7.05. The summed E-state index contributed by atoms with van der Waals surface area (Å²) >= 11 is 0. The summed E-state index contributed by atoms with van der Waals surface area (Å²) < 4.78 is 0. The molecule has 1 aliphatic carbocycles. The van der Waals surface area contributed by atoms with Crippen LogP contribution in [0, 0.1) is 0 Å². The Kier molecular flexibility index (Phi) is 5.55. The highest BCUT2D eigenvalue weighted by Crippen LogP contribution is 2.18. The number of amides is 2. The molecule has 1 saturated carbocycles. The molecule has 0 bridgehead atoms. The summed E-state index contributed by atoms with van der Waals surface area (Å²) in [6, 6.07) is 10.3. The van der Waals surface area contributed by atoms with Crippen LogP contribution in [0.3, 0.4) is 0 Å². The molecule has 108 valence electrons. The predicted octanol–water partition coefficient (Wildman–Crippen LogP) is 0.561. The third-order valence-electron chi connectivity index (χ3n) is 3.14. The Morgan fingerprint density at radius 3 is 2.50 bits per heavy atom. The van der Waals surface area contributed by atoms with E-state index in [2.05, 4.69) is 16.0 Å². The maximum atomic E-state index is 11.6. The predicted molar refractivity (Wildman–Crippen MR) is 76.9 cm³/mol. The third kappa shape index (κ3) is 5.84. The number of benzene rings is 1. The quantitative estimate of drug-likeness (QED) is 0.649. The summed E-state index contributed by atoms with van der Waals surface area (Å²) in [6.45, 7) is 1.20. The van der Waals surface area contributed by atoms with Crippen LogP contribution in [0.15, 0.2) is 30.3 Å². The summed E-state index contributed by atoms with van der Waals surface area (Å²) in [7, 11) is 0. The van der Waals surface area contributed by atoms with Crippen LogP contribution in [-0.4, -0.2) is 30.9 Å². The van der Waals surface area contributed by atoms with Crippen LogP contribution in [0.2, 0.25) is 0 Å². The molecule has 3 N–H and O–H groups in total. The van der Waals surface area contributed by atoms with Crippen molar-refractivity contribution in [3.05, 3.63) is 35.9 Å². The average molecular weight is 275 g/mol. The van der Waals surface area contributed by atoms with Crippen LogP contribution in [0.5, 0.6) is 0 Å². The molecular formula is C15H21N3O2. The van der Waals surface area contributed by atoms with Gasteiger partial charge in [0, 0.05) is 25.6 Å². The van der Waals surface area contributed by atoms with E-state index >= 15 is 0 Å². The fourth-order valence-electron chi connectivity index (χ4n) is 1.80. The van der Waals surface area contributed by atoms with Gasteiger partial charge in [-0.25, -0.2) is 0 Å². The Bertz CT molecular complexity index is 444. The fraction of sp³-hybridized carbons (Fsp3) is 0.467. The molecule has 0 atom stereocenters. The van der Waals surface area contributed by atoms with Gasteiger partial charge < -0.3 is 16.0 Å².